The van der Waals surface area contributed by atoms with E-state index in [1.54, 1.807) is 0 Å². The maximum Gasteiger partial charge on any atom is 0.143 e. The summed E-state index contributed by atoms with van der Waals surface area (Å²) in [7, 11) is 0. The summed E-state index contributed by atoms with van der Waals surface area (Å²) in [5.41, 5.74) is 16.8. The largest absolute Gasteiger partial charge is 0.455 e. The molecule has 0 atom stereocenters. The average Bonchev–Trinajstić information content (AvgIpc) is 3.47. The van der Waals surface area contributed by atoms with Crippen molar-refractivity contribution in [1.29, 1.82) is 0 Å². The van der Waals surface area contributed by atoms with Crippen molar-refractivity contribution in [3.8, 4) is 78.3 Å². The number of hydrogen-bond acceptors (Lipinski definition) is 2. The normalized spacial score (nSPS) is 11.5. The van der Waals surface area contributed by atoms with Gasteiger partial charge in [0.05, 0.1) is 0 Å². The SMILES string of the molecule is c1ccc(-c2ccc(N(c3ccc4c(c3)-c3cc(-c5cccc(-c6ccccc6)c5)ccc3-c3cccc(-c5ccccc5)c3O4)c3ccc4ccccc4c3)cc2)cc1. The Kier molecular flexibility index (Phi) is 8.87. The Balaban J connectivity index is 1.11. The van der Waals surface area contributed by atoms with Crippen LogP contribution in [0.2, 0.25) is 0 Å². The van der Waals surface area contributed by atoms with Crippen LogP contribution in [0.3, 0.4) is 0 Å². The first-order chi connectivity index (χ1) is 29.7. The minimum Gasteiger partial charge on any atom is -0.455 e. The van der Waals surface area contributed by atoms with Gasteiger partial charge >= 0.3 is 0 Å². The topological polar surface area (TPSA) is 12.5 Å². The fraction of sp³-hybridized carbons (Fsp3) is 0. The molecule has 0 bridgehead atoms. The van der Waals surface area contributed by atoms with Gasteiger partial charge < -0.3 is 9.64 Å². The van der Waals surface area contributed by atoms with Gasteiger partial charge in [-0.3, -0.25) is 0 Å². The van der Waals surface area contributed by atoms with Crippen LogP contribution < -0.4 is 9.64 Å². The summed E-state index contributed by atoms with van der Waals surface area (Å²) in [6.45, 7) is 0. The van der Waals surface area contributed by atoms with E-state index >= 15 is 0 Å². The number of fused-ring (bicyclic) bond motifs is 6. The van der Waals surface area contributed by atoms with Gasteiger partial charge in [-0.1, -0.05) is 182 Å². The molecule has 1 aliphatic rings. The summed E-state index contributed by atoms with van der Waals surface area (Å²) in [5, 5.41) is 2.40. The number of ether oxygens (including phenoxy) is 1. The molecule has 10 aromatic rings. The molecule has 0 saturated carbocycles. The van der Waals surface area contributed by atoms with Gasteiger partial charge in [0.15, 0.2) is 0 Å². The molecular weight excluding hydrogens is 727 g/mol. The molecule has 2 heteroatoms. The van der Waals surface area contributed by atoms with E-state index < -0.39 is 0 Å². The second-order valence-corrected chi connectivity index (χ2v) is 15.3. The molecule has 10 aromatic carbocycles. The second kappa shape index (κ2) is 15.1. The number of anilines is 3. The quantitative estimate of drug-likeness (QED) is 0.160. The van der Waals surface area contributed by atoms with E-state index in [0.29, 0.717) is 0 Å². The zero-order valence-corrected chi connectivity index (χ0v) is 32.9. The predicted octanol–water partition coefficient (Wildman–Crippen LogP) is 16.4. The lowest BCUT2D eigenvalue weighted by molar-refractivity contribution is 0.489. The van der Waals surface area contributed by atoms with E-state index in [4.69, 9.17) is 4.74 Å². The van der Waals surface area contributed by atoms with Crippen molar-refractivity contribution < 1.29 is 4.74 Å². The van der Waals surface area contributed by atoms with E-state index in [1.165, 1.54) is 33.0 Å². The third-order valence-corrected chi connectivity index (χ3v) is 11.7. The van der Waals surface area contributed by atoms with Crippen LogP contribution in [-0.4, -0.2) is 0 Å². The summed E-state index contributed by atoms with van der Waals surface area (Å²) < 4.78 is 7.14. The lowest BCUT2D eigenvalue weighted by atomic mass is 9.89. The van der Waals surface area contributed by atoms with Crippen LogP contribution >= 0.6 is 0 Å². The Morgan fingerprint density at radius 2 is 0.767 bits per heavy atom. The highest BCUT2D eigenvalue weighted by Crippen LogP contribution is 2.52. The predicted molar refractivity (Wildman–Crippen MR) is 251 cm³/mol. The van der Waals surface area contributed by atoms with Crippen LogP contribution in [-0.2, 0) is 0 Å². The van der Waals surface area contributed by atoms with Gasteiger partial charge in [-0.25, -0.2) is 0 Å². The summed E-state index contributed by atoms with van der Waals surface area (Å²) >= 11 is 0. The fourth-order valence-corrected chi connectivity index (χ4v) is 8.66. The smallest absolute Gasteiger partial charge is 0.143 e. The molecule has 60 heavy (non-hydrogen) atoms. The Morgan fingerprint density at radius 3 is 1.52 bits per heavy atom. The van der Waals surface area contributed by atoms with Crippen molar-refractivity contribution in [2.24, 2.45) is 0 Å². The summed E-state index contributed by atoms with van der Waals surface area (Å²) in [6, 6.07) is 84.8. The maximum atomic E-state index is 7.14. The number of nitrogens with zero attached hydrogens (tertiary/aromatic N) is 1. The van der Waals surface area contributed by atoms with Gasteiger partial charge in [-0.15, -0.1) is 0 Å². The molecular formula is C58H39NO. The monoisotopic (exact) mass is 765 g/mol. The van der Waals surface area contributed by atoms with Crippen molar-refractivity contribution in [3.05, 3.63) is 237 Å². The number of rotatable bonds is 7. The highest BCUT2D eigenvalue weighted by molar-refractivity contribution is 5.98. The molecule has 2 nitrogen and oxygen atoms in total. The van der Waals surface area contributed by atoms with E-state index in [1.807, 2.05) is 0 Å². The van der Waals surface area contributed by atoms with Crippen molar-refractivity contribution in [1.82, 2.24) is 0 Å². The average molecular weight is 766 g/mol. The lowest BCUT2D eigenvalue weighted by Gasteiger charge is -2.27. The molecule has 0 radical (unpaired) electrons. The Labute approximate surface area is 350 Å². The summed E-state index contributed by atoms with van der Waals surface area (Å²) in [5.74, 6) is 1.67. The molecule has 282 valence electrons. The van der Waals surface area contributed by atoms with Crippen molar-refractivity contribution in [2.75, 3.05) is 4.90 Å². The van der Waals surface area contributed by atoms with Gasteiger partial charge in [0.25, 0.3) is 0 Å². The van der Waals surface area contributed by atoms with Crippen LogP contribution in [0.5, 0.6) is 11.5 Å². The van der Waals surface area contributed by atoms with Crippen LogP contribution in [0.1, 0.15) is 0 Å². The first-order valence-electron chi connectivity index (χ1n) is 20.5. The number of para-hydroxylation sites is 1. The Hall–Kier alpha value is -7.94. The van der Waals surface area contributed by atoms with Gasteiger partial charge in [0, 0.05) is 33.8 Å². The molecule has 11 rings (SSSR count). The van der Waals surface area contributed by atoms with E-state index in [0.717, 1.165) is 73.1 Å². The molecule has 1 heterocycles. The molecule has 0 N–H and O–H groups in total. The third kappa shape index (κ3) is 6.51. The van der Waals surface area contributed by atoms with Crippen LogP contribution in [0.25, 0.3) is 77.5 Å². The third-order valence-electron chi connectivity index (χ3n) is 11.7. The fourth-order valence-electron chi connectivity index (χ4n) is 8.66. The van der Waals surface area contributed by atoms with E-state index in [-0.39, 0.29) is 0 Å². The van der Waals surface area contributed by atoms with Gasteiger partial charge in [-0.05, 0) is 115 Å². The summed E-state index contributed by atoms with van der Waals surface area (Å²) in [6.07, 6.45) is 0. The van der Waals surface area contributed by atoms with Crippen LogP contribution in [0, 0.1) is 0 Å². The Bertz CT molecular complexity index is 3150. The number of hydrogen-bond donors (Lipinski definition) is 0. The van der Waals surface area contributed by atoms with Crippen LogP contribution in [0.4, 0.5) is 17.1 Å². The molecule has 1 aliphatic heterocycles. The standard InChI is InChI=1S/C58H39NO/c1-4-14-40(15-5-1)43-26-30-49(31-27-43)59(50-32-28-42-18-10-11-21-47(42)37-50)51-33-35-57-56(39-51)55-38-48(46-23-12-22-45(36-46)41-16-6-2-7-17-41)29-34-53(55)54-25-13-24-52(58(54)60-57)44-19-8-3-9-20-44/h1-39H. The zero-order chi connectivity index (χ0) is 39.8. The minimum atomic E-state index is 0.815. The van der Waals surface area contributed by atoms with E-state index in [2.05, 4.69) is 241 Å². The van der Waals surface area contributed by atoms with Crippen molar-refractivity contribution in [2.45, 2.75) is 0 Å². The zero-order valence-electron chi connectivity index (χ0n) is 32.9. The Morgan fingerprint density at radius 1 is 0.250 bits per heavy atom. The highest BCUT2D eigenvalue weighted by Gasteiger charge is 2.26. The van der Waals surface area contributed by atoms with E-state index in [9.17, 15) is 0 Å². The highest BCUT2D eigenvalue weighted by atomic mass is 16.5. The molecule has 0 fully saturated rings. The second-order valence-electron chi connectivity index (χ2n) is 15.3. The lowest BCUT2D eigenvalue weighted by Crippen LogP contribution is -2.10. The van der Waals surface area contributed by atoms with Gasteiger partial charge in [-0.2, -0.15) is 0 Å². The van der Waals surface area contributed by atoms with Crippen LogP contribution in [0.15, 0.2) is 237 Å². The maximum absolute atomic E-state index is 7.14. The molecule has 0 unspecified atom stereocenters. The first kappa shape index (κ1) is 35.2. The minimum absolute atomic E-state index is 0.815. The number of benzene rings is 10. The molecule has 0 spiro atoms. The molecule has 0 aliphatic carbocycles. The molecule has 0 aromatic heterocycles. The van der Waals surface area contributed by atoms with Gasteiger partial charge in [0.1, 0.15) is 11.5 Å². The van der Waals surface area contributed by atoms with Crippen molar-refractivity contribution in [3.63, 3.8) is 0 Å². The first-order valence-corrected chi connectivity index (χ1v) is 20.5. The van der Waals surface area contributed by atoms with Crippen molar-refractivity contribution >= 4 is 27.8 Å². The molecule has 0 amide bonds. The summed E-state index contributed by atoms with van der Waals surface area (Å²) in [4.78, 5) is 2.36. The van der Waals surface area contributed by atoms with Gasteiger partial charge in [0.2, 0.25) is 0 Å². The molecule has 0 saturated heterocycles.